The number of rotatable bonds is 1. The smallest absolute Gasteiger partial charge is 0.0504 e. The normalized spacial score (nSPS) is 11.0. The van der Waals surface area contributed by atoms with Gasteiger partial charge in [0.1, 0.15) is 0 Å². The van der Waals surface area contributed by atoms with Crippen LogP contribution in [0.2, 0.25) is 5.02 Å². The number of hydrogen-bond acceptors (Lipinski definition) is 2. The standard InChI is InChI=1S/C9H6Cl2S2/c10-3-5-1-2-6(11)8-7(12)4-13-9(5)8/h1-2,4,12H,3H2. The van der Waals surface area contributed by atoms with E-state index < -0.39 is 0 Å². The minimum Gasteiger partial charge on any atom is -0.142 e. The second-order valence-electron chi connectivity index (χ2n) is 2.67. The van der Waals surface area contributed by atoms with Crippen LogP contribution in [0.3, 0.4) is 0 Å². The molecule has 0 aliphatic carbocycles. The quantitative estimate of drug-likeness (QED) is 0.555. The Balaban J connectivity index is 2.87. The number of halogens is 2. The van der Waals surface area contributed by atoms with E-state index in [-0.39, 0.29) is 0 Å². The van der Waals surface area contributed by atoms with E-state index >= 15 is 0 Å². The molecule has 1 heterocycles. The molecule has 68 valence electrons. The molecule has 0 N–H and O–H groups in total. The van der Waals surface area contributed by atoms with Crippen molar-refractivity contribution in [3.63, 3.8) is 0 Å². The molecule has 0 aliphatic heterocycles. The van der Waals surface area contributed by atoms with Crippen LogP contribution in [0.1, 0.15) is 5.56 Å². The predicted octanol–water partition coefficient (Wildman–Crippen LogP) is 4.58. The van der Waals surface area contributed by atoms with E-state index in [0.29, 0.717) is 5.88 Å². The summed E-state index contributed by atoms with van der Waals surface area (Å²) in [5, 5.41) is 3.75. The SMILES string of the molecule is Sc1csc2c(CCl)ccc(Cl)c12. The lowest BCUT2D eigenvalue weighted by Crippen LogP contribution is -1.78. The lowest BCUT2D eigenvalue weighted by atomic mass is 10.2. The van der Waals surface area contributed by atoms with Crippen molar-refractivity contribution in [3.8, 4) is 0 Å². The summed E-state index contributed by atoms with van der Waals surface area (Å²) in [7, 11) is 0. The first-order chi connectivity index (χ1) is 6.24. The van der Waals surface area contributed by atoms with Crippen molar-refractivity contribution in [2.45, 2.75) is 10.8 Å². The topological polar surface area (TPSA) is 0 Å². The third-order valence-electron chi connectivity index (χ3n) is 1.88. The number of benzene rings is 1. The van der Waals surface area contributed by atoms with Crippen LogP contribution in [-0.4, -0.2) is 0 Å². The molecule has 0 aliphatic rings. The van der Waals surface area contributed by atoms with E-state index in [0.717, 1.165) is 25.6 Å². The van der Waals surface area contributed by atoms with Gasteiger partial charge in [0.05, 0.1) is 5.02 Å². The minimum absolute atomic E-state index is 0.515. The molecule has 0 atom stereocenters. The van der Waals surface area contributed by atoms with Crippen molar-refractivity contribution < 1.29 is 0 Å². The molecule has 13 heavy (non-hydrogen) atoms. The molecular formula is C9H6Cl2S2. The number of thiophene rings is 1. The van der Waals surface area contributed by atoms with Gasteiger partial charge in [-0.15, -0.1) is 35.6 Å². The van der Waals surface area contributed by atoms with Gasteiger partial charge in [0, 0.05) is 26.2 Å². The Morgan fingerprint density at radius 3 is 2.85 bits per heavy atom. The van der Waals surface area contributed by atoms with Crippen LogP contribution in [0.25, 0.3) is 10.1 Å². The first-order valence-electron chi connectivity index (χ1n) is 3.67. The Morgan fingerprint density at radius 1 is 1.38 bits per heavy atom. The second-order valence-corrected chi connectivity index (χ2v) is 4.70. The highest BCUT2D eigenvalue weighted by Crippen LogP contribution is 2.36. The van der Waals surface area contributed by atoms with Crippen LogP contribution in [-0.2, 0) is 5.88 Å². The molecule has 1 aromatic carbocycles. The summed E-state index contributed by atoms with van der Waals surface area (Å²) in [5.74, 6) is 0.515. The zero-order valence-corrected chi connectivity index (χ0v) is 9.77. The number of fused-ring (bicyclic) bond motifs is 1. The van der Waals surface area contributed by atoms with Crippen molar-refractivity contribution in [1.29, 1.82) is 0 Å². The first kappa shape index (κ1) is 9.66. The lowest BCUT2D eigenvalue weighted by Gasteiger charge is -2.00. The van der Waals surface area contributed by atoms with Gasteiger partial charge in [0.2, 0.25) is 0 Å². The lowest BCUT2D eigenvalue weighted by molar-refractivity contribution is 1.46. The number of hydrogen-bond donors (Lipinski definition) is 1. The van der Waals surface area contributed by atoms with Gasteiger partial charge in [0.25, 0.3) is 0 Å². The molecule has 0 bridgehead atoms. The summed E-state index contributed by atoms with van der Waals surface area (Å²) < 4.78 is 1.15. The molecule has 0 radical (unpaired) electrons. The Morgan fingerprint density at radius 2 is 2.15 bits per heavy atom. The molecule has 1 aromatic heterocycles. The zero-order valence-electron chi connectivity index (χ0n) is 6.55. The zero-order chi connectivity index (χ0) is 9.42. The fourth-order valence-electron chi connectivity index (χ4n) is 1.25. The highest BCUT2D eigenvalue weighted by atomic mass is 35.5. The van der Waals surface area contributed by atoms with E-state index in [1.165, 1.54) is 0 Å². The van der Waals surface area contributed by atoms with Crippen LogP contribution in [0.4, 0.5) is 0 Å². The average Bonchev–Trinajstić information content (AvgIpc) is 2.50. The molecule has 0 saturated heterocycles. The summed E-state index contributed by atoms with van der Waals surface area (Å²) in [4.78, 5) is 0.928. The molecule has 2 rings (SSSR count). The highest BCUT2D eigenvalue weighted by molar-refractivity contribution is 7.80. The molecule has 0 amide bonds. The van der Waals surface area contributed by atoms with Crippen molar-refractivity contribution in [1.82, 2.24) is 0 Å². The molecule has 0 nitrogen and oxygen atoms in total. The molecule has 2 aromatic rings. The van der Waals surface area contributed by atoms with Crippen LogP contribution in [0, 0.1) is 0 Å². The van der Waals surface area contributed by atoms with Crippen molar-refractivity contribution in [2.75, 3.05) is 0 Å². The van der Waals surface area contributed by atoms with Gasteiger partial charge in [-0.05, 0) is 11.6 Å². The van der Waals surface area contributed by atoms with Gasteiger partial charge < -0.3 is 0 Å². The van der Waals surface area contributed by atoms with Crippen LogP contribution >= 0.6 is 47.2 Å². The van der Waals surface area contributed by atoms with E-state index in [2.05, 4.69) is 12.6 Å². The number of alkyl halides is 1. The van der Waals surface area contributed by atoms with Crippen LogP contribution in [0.15, 0.2) is 22.4 Å². The maximum atomic E-state index is 6.05. The minimum atomic E-state index is 0.515. The maximum absolute atomic E-state index is 6.05. The third kappa shape index (κ3) is 1.57. The molecular weight excluding hydrogens is 243 g/mol. The van der Waals surface area contributed by atoms with E-state index in [1.807, 2.05) is 17.5 Å². The highest BCUT2D eigenvalue weighted by Gasteiger charge is 2.08. The van der Waals surface area contributed by atoms with Crippen molar-refractivity contribution in [3.05, 3.63) is 28.1 Å². The summed E-state index contributed by atoms with van der Waals surface area (Å²) in [5.41, 5.74) is 1.12. The molecule has 4 heteroatoms. The first-order valence-corrected chi connectivity index (χ1v) is 5.91. The summed E-state index contributed by atoms with van der Waals surface area (Å²) in [6.07, 6.45) is 0. The van der Waals surface area contributed by atoms with Crippen LogP contribution in [0.5, 0.6) is 0 Å². The van der Waals surface area contributed by atoms with Crippen molar-refractivity contribution >= 4 is 57.3 Å². The Hall–Kier alpha value is 0.110. The fourth-order valence-corrected chi connectivity index (χ4v) is 3.38. The predicted molar refractivity (Wildman–Crippen MR) is 63.6 cm³/mol. The number of thiol groups is 1. The monoisotopic (exact) mass is 248 g/mol. The van der Waals surface area contributed by atoms with Gasteiger partial charge in [-0.25, -0.2) is 0 Å². The molecule has 0 fully saturated rings. The van der Waals surface area contributed by atoms with Gasteiger partial charge in [-0.2, -0.15) is 0 Å². The van der Waals surface area contributed by atoms with E-state index in [9.17, 15) is 0 Å². The van der Waals surface area contributed by atoms with Gasteiger partial charge in [-0.1, -0.05) is 17.7 Å². The Labute approximate surface area is 95.9 Å². The van der Waals surface area contributed by atoms with Crippen molar-refractivity contribution in [2.24, 2.45) is 0 Å². The largest absolute Gasteiger partial charge is 0.142 e. The maximum Gasteiger partial charge on any atom is 0.0504 e. The van der Waals surface area contributed by atoms with Gasteiger partial charge in [-0.3, -0.25) is 0 Å². The molecule has 0 saturated carbocycles. The summed E-state index contributed by atoms with van der Waals surface area (Å²) >= 11 is 17.8. The van der Waals surface area contributed by atoms with Crippen LogP contribution < -0.4 is 0 Å². The Kier molecular flexibility index (Phi) is 2.75. The van der Waals surface area contributed by atoms with E-state index in [1.54, 1.807) is 11.3 Å². The average molecular weight is 249 g/mol. The summed E-state index contributed by atoms with van der Waals surface area (Å²) in [6.45, 7) is 0. The Bertz CT molecular complexity index is 448. The molecule has 0 spiro atoms. The van der Waals surface area contributed by atoms with Gasteiger partial charge >= 0.3 is 0 Å². The second kappa shape index (κ2) is 3.70. The van der Waals surface area contributed by atoms with E-state index in [4.69, 9.17) is 23.2 Å². The van der Waals surface area contributed by atoms with Gasteiger partial charge in [0.15, 0.2) is 0 Å². The fraction of sp³-hybridized carbons (Fsp3) is 0.111. The third-order valence-corrected chi connectivity index (χ3v) is 4.06. The molecule has 0 unspecified atom stereocenters. The summed E-state index contributed by atoms with van der Waals surface area (Å²) in [6, 6.07) is 3.83.